The number of carbonyl (C=O) groups excluding carboxylic acids is 1. The first kappa shape index (κ1) is 19.0. The van der Waals surface area contributed by atoms with Gasteiger partial charge in [0.1, 0.15) is 11.5 Å². The molecular weight excluding hydrogens is 375 g/mol. The summed E-state index contributed by atoms with van der Waals surface area (Å²) in [6, 6.07) is 9.71. The van der Waals surface area contributed by atoms with Crippen LogP contribution in [-0.4, -0.2) is 64.8 Å². The lowest BCUT2D eigenvalue weighted by molar-refractivity contribution is -0.139. The number of amides is 1. The predicted octanol–water partition coefficient (Wildman–Crippen LogP) is 2.22. The van der Waals surface area contributed by atoms with E-state index in [-0.39, 0.29) is 11.5 Å². The van der Waals surface area contributed by atoms with E-state index in [9.17, 15) is 19.1 Å². The first-order valence-electron chi connectivity index (χ1n) is 9.53. The molecule has 7 nitrogen and oxygen atoms in total. The van der Waals surface area contributed by atoms with Crippen molar-refractivity contribution in [3.8, 4) is 0 Å². The van der Waals surface area contributed by atoms with Crippen LogP contribution in [0.2, 0.25) is 0 Å². The van der Waals surface area contributed by atoms with Crippen molar-refractivity contribution in [1.82, 2.24) is 9.88 Å². The van der Waals surface area contributed by atoms with E-state index in [2.05, 4.69) is 14.9 Å². The second kappa shape index (κ2) is 7.62. The lowest BCUT2D eigenvalue weighted by atomic mass is 10.1. The van der Waals surface area contributed by atoms with Crippen LogP contribution in [-0.2, 0) is 4.79 Å². The zero-order chi connectivity index (χ0) is 20.4. The van der Waals surface area contributed by atoms with Crippen LogP contribution in [0.3, 0.4) is 0 Å². The van der Waals surface area contributed by atoms with Crippen molar-refractivity contribution in [2.75, 3.05) is 31.1 Å². The molecule has 1 N–H and O–H groups in total. The van der Waals surface area contributed by atoms with Gasteiger partial charge >= 0.3 is 5.97 Å². The molecule has 1 saturated heterocycles. The van der Waals surface area contributed by atoms with Gasteiger partial charge in [-0.2, -0.15) is 0 Å². The average Bonchev–Trinajstić information content (AvgIpc) is 3.54. The SMILES string of the molecule is O=C(c1ccccc1F)N1CCN(c2cccnc2C=NC2(C(=O)O)CC2)CC1. The summed E-state index contributed by atoms with van der Waals surface area (Å²) in [5, 5.41) is 9.29. The standard InChI is InChI=1S/C21H21FN4O3/c22-16-5-2-1-4-15(16)19(27)26-12-10-25(11-13-26)18-6-3-9-23-17(18)14-24-21(7-8-21)20(28)29/h1-6,9,14H,7-8,10-13H2,(H,28,29). The molecule has 150 valence electrons. The van der Waals surface area contributed by atoms with Crippen molar-refractivity contribution in [3.05, 3.63) is 59.7 Å². The van der Waals surface area contributed by atoms with Crippen molar-refractivity contribution >= 4 is 23.8 Å². The molecule has 8 heteroatoms. The molecule has 2 fully saturated rings. The minimum Gasteiger partial charge on any atom is -0.479 e. The largest absolute Gasteiger partial charge is 0.479 e. The molecule has 1 aliphatic heterocycles. The summed E-state index contributed by atoms with van der Waals surface area (Å²) >= 11 is 0. The van der Waals surface area contributed by atoms with Gasteiger partial charge in [-0.3, -0.25) is 14.8 Å². The molecule has 4 rings (SSSR count). The van der Waals surface area contributed by atoms with Gasteiger partial charge in [-0.1, -0.05) is 12.1 Å². The van der Waals surface area contributed by atoms with Gasteiger partial charge in [-0.25, -0.2) is 9.18 Å². The summed E-state index contributed by atoms with van der Waals surface area (Å²) < 4.78 is 13.9. The van der Waals surface area contributed by atoms with E-state index in [1.165, 1.54) is 18.3 Å². The maximum Gasteiger partial charge on any atom is 0.331 e. The molecule has 0 radical (unpaired) electrons. The highest BCUT2D eigenvalue weighted by Gasteiger charge is 2.50. The van der Waals surface area contributed by atoms with Crippen LogP contribution in [0, 0.1) is 5.82 Å². The first-order valence-corrected chi connectivity index (χ1v) is 9.53. The molecule has 29 heavy (non-hydrogen) atoms. The maximum atomic E-state index is 13.9. The number of carboxylic acid groups (broad SMARTS) is 1. The number of hydrogen-bond acceptors (Lipinski definition) is 5. The fraction of sp³-hybridized carbons (Fsp3) is 0.333. The molecule has 0 bridgehead atoms. The third-order valence-corrected chi connectivity index (χ3v) is 5.38. The highest BCUT2D eigenvalue weighted by atomic mass is 19.1. The number of aromatic nitrogens is 1. The van der Waals surface area contributed by atoms with E-state index in [0.717, 1.165) is 5.69 Å². The fourth-order valence-electron chi connectivity index (χ4n) is 3.43. The number of benzene rings is 1. The molecule has 1 aliphatic carbocycles. The quantitative estimate of drug-likeness (QED) is 0.784. The van der Waals surface area contributed by atoms with E-state index in [0.29, 0.717) is 44.7 Å². The second-order valence-corrected chi connectivity index (χ2v) is 7.26. The van der Waals surface area contributed by atoms with Gasteiger partial charge in [0.2, 0.25) is 0 Å². The Morgan fingerprint density at radius 3 is 2.48 bits per heavy atom. The highest BCUT2D eigenvalue weighted by molar-refractivity contribution is 5.95. The summed E-state index contributed by atoms with van der Waals surface area (Å²) in [4.78, 5) is 36.2. The van der Waals surface area contributed by atoms with Gasteiger partial charge in [-0.05, 0) is 37.1 Å². The molecule has 0 atom stereocenters. The molecule has 1 amide bonds. The Morgan fingerprint density at radius 1 is 1.10 bits per heavy atom. The fourth-order valence-corrected chi connectivity index (χ4v) is 3.43. The maximum absolute atomic E-state index is 13.9. The number of pyridine rings is 1. The second-order valence-electron chi connectivity index (χ2n) is 7.26. The number of anilines is 1. The lowest BCUT2D eigenvalue weighted by Gasteiger charge is -2.36. The van der Waals surface area contributed by atoms with Gasteiger partial charge in [0.05, 0.1) is 17.5 Å². The van der Waals surface area contributed by atoms with Crippen molar-refractivity contribution in [2.45, 2.75) is 18.4 Å². The Hall–Kier alpha value is -3.29. The van der Waals surface area contributed by atoms with Crippen LogP contribution >= 0.6 is 0 Å². The normalized spacial score (nSPS) is 18.1. The minimum atomic E-state index is -1.00. The third kappa shape index (κ3) is 3.83. The lowest BCUT2D eigenvalue weighted by Crippen LogP contribution is -2.49. The van der Waals surface area contributed by atoms with Crippen LogP contribution < -0.4 is 4.90 Å². The topological polar surface area (TPSA) is 86.1 Å². The average molecular weight is 396 g/mol. The smallest absolute Gasteiger partial charge is 0.331 e. The van der Waals surface area contributed by atoms with E-state index in [4.69, 9.17) is 0 Å². The number of aliphatic carboxylic acids is 1. The molecule has 2 aromatic rings. The number of nitrogens with zero attached hydrogens (tertiary/aromatic N) is 4. The monoisotopic (exact) mass is 396 g/mol. The Morgan fingerprint density at radius 2 is 1.83 bits per heavy atom. The van der Waals surface area contributed by atoms with Crippen molar-refractivity contribution in [2.24, 2.45) is 4.99 Å². The molecule has 2 heterocycles. The van der Waals surface area contributed by atoms with Crippen molar-refractivity contribution in [3.63, 3.8) is 0 Å². The highest BCUT2D eigenvalue weighted by Crippen LogP contribution is 2.40. The summed E-state index contributed by atoms with van der Waals surface area (Å²) in [5.74, 6) is -1.74. The van der Waals surface area contributed by atoms with Crippen LogP contribution in [0.5, 0.6) is 0 Å². The summed E-state index contributed by atoms with van der Waals surface area (Å²) in [6.45, 7) is 2.04. The number of aliphatic imine (C=N–C) groups is 1. The van der Waals surface area contributed by atoms with Gasteiger partial charge in [0.25, 0.3) is 5.91 Å². The molecule has 1 saturated carbocycles. The third-order valence-electron chi connectivity index (χ3n) is 5.38. The predicted molar refractivity (Wildman–Crippen MR) is 106 cm³/mol. The minimum absolute atomic E-state index is 0.0820. The van der Waals surface area contributed by atoms with Crippen LogP contribution in [0.1, 0.15) is 28.9 Å². The van der Waals surface area contributed by atoms with Crippen molar-refractivity contribution < 1.29 is 19.1 Å². The molecule has 0 unspecified atom stereocenters. The summed E-state index contributed by atoms with van der Waals surface area (Å²) in [7, 11) is 0. The van der Waals surface area contributed by atoms with Crippen LogP contribution in [0.15, 0.2) is 47.6 Å². The number of carbonyl (C=O) groups is 2. The van der Waals surface area contributed by atoms with E-state index in [1.807, 2.05) is 12.1 Å². The van der Waals surface area contributed by atoms with Crippen molar-refractivity contribution in [1.29, 1.82) is 0 Å². The molecule has 0 spiro atoms. The Labute approximate surface area is 167 Å². The Balaban J connectivity index is 1.45. The van der Waals surface area contributed by atoms with E-state index in [1.54, 1.807) is 23.2 Å². The zero-order valence-electron chi connectivity index (χ0n) is 15.8. The first-order chi connectivity index (χ1) is 14.0. The number of hydrogen-bond donors (Lipinski definition) is 1. The van der Waals surface area contributed by atoms with E-state index >= 15 is 0 Å². The van der Waals surface area contributed by atoms with Gasteiger partial charge in [-0.15, -0.1) is 0 Å². The number of halogens is 1. The van der Waals surface area contributed by atoms with Gasteiger partial charge in [0, 0.05) is 32.4 Å². The molecular formula is C21H21FN4O3. The van der Waals surface area contributed by atoms with Gasteiger partial charge in [0.15, 0.2) is 5.54 Å². The number of piperazine rings is 1. The molecule has 2 aliphatic rings. The summed E-state index contributed by atoms with van der Waals surface area (Å²) in [6.07, 6.45) is 4.26. The summed E-state index contributed by atoms with van der Waals surface area (Å²) in [5.41, 5.74) is 0.530. The molecule has 1 aromatic heterocycles. The molecule has 1 aromatic carbocycles. The van der Waals surface area contributed by atoms with Gasteiger partial charge < -0.3 is 14.9 Å². The zero-order valence-corrected chi connectivity index (χ0v) is 15.8. The van der Waals surface area contributed by atoms with Crippen LogP contribution in [0.25, 0.3) is 0 Å². The number of carboxylic acids is 1. The number of rotatable bonds is 5. The van der Waals surface area contributed by atoms with Crippen LogP contribution in [0.4, 0.5) is 10.1 Å². The van der Waals surface area contributed by atoms with E-state index < -0.39 is 17.3 Å². The Kier molecular flexibility index (Phi) is 5.00. The Bertz CT molecular complexity index is 966.